The summed E-state index contributed by atoms with van der Waals surface area (Å²) in [6, 6.07) is 9.87. The van der Waals surface area contributed by atoms with Crippen molar-refractivity contribution in [1.82, 2.24) is 29.8 Å². The molecule has 3 aromatic heterocycles. The predicted octanol–water partition coefficient (Wildman–Crippen LogP) is 3.57. The normalized spacial score (nSPS) is 13.4. The third-order valence-electron chi connectivity index (χ3n) is 5.75. The van der Waals surface area contributed by atoms with Gasteiger partial charge in [-0.05, 0) is 29.8 Å². The zero-order valence-corrected chi connectivity index (χ0v) is 18.6. The Bertz CT molecular complexity index is 1250. The molecule has 4 aromatic rings. The second-order valence-corrected chi connectivity index (χ2v) is 7.87. The van der Waals surface area contributed by atoms with Crippen LogP contribution in [0.5, 0.6) is 11.5 Å². The van der Waals surface area contributed by atoms with Crippen molar-refractivity contribution in [2.45, 2.75) is 19.5 Å². The highest BCUT2D eigenvalue weighted by Crippen LogP contribution is 2.32. The highest BCUT2D eigenvalue weighted by atomic mass is 16.5. The molecule has 0 fully saturated rings. The molecule has 0 N–H and O–H groups in total. The molecule has 0 saturated heterocycles. The van der Waals surface area contributed by atoms with Gasteiger partial charge in [-0.2, -0.15) is 0 Å². The van der Waals surface area contributed by atoms with Crippen molar-refractivity contribution in [2.75, 3.05) is 20.8 Å². The Hall–Kier alpha value is -3.91. The molecule has 4 heterocycles. The van der Waals surface area contributed by atoms with Crippen molar-refractivity contribution >= 4 is 0 Å². The zero-order valence-electron chi connectivity index (χ0n) is 18.6. The van der Waals surface area contributed by atoms with Gasteiger partial charge in [-0.3, -0.25) is 9.88 Å². The SMILES string of the molecule is COc1ccc(OC)c(-c2ccc(CN3CCc4nc(-c5cncnc5)ncc4C3)cn2)c1. The molecule has 8 heteroatoms. The van der Waals surface area contributed by atoms with Crippen LogP contribution in [0, 0.1) is 0 Å². The summed E-state index contributed by atoms with van der Waals surface area (Å²) in [7, 11) is 3.31. The minimum atomic E-state index is 0.676. The molecule has 1 aliphatic rings. The summed E-state index contributed by atoms with van der Waals surface area (Å²) >= 11 is 0. The Labute approximate surface area is 192 Å². The first kappa shape index (κ1) is 21.0. The van der Waals surface area contributed by atoms with Crippen molar-refractivity contribution in [1.29, 1.82) is 0 Å². The lowest BCUT2D eigenvalue weighted by atomic mass is 10.1. The molecule has 8 nitrogen and oxygen atoms in total. The fourth-order valence-corrected chi connectivity index (χ4v) is 4.01. The lowest BCUT2D eigenvalue weighted by molar-refractivity contribution is 0.242. The maximum atomic E-state index is 5.50. The van der Waals surface area contributed by atoms with Crippen LogP contribution in [0.2, 0.25) is 0 Å². The van der Waals surface area contributed by atoms with Crippen LogP contribution in [-0.4, -0.2) is 50.6 Å². The Morgan fingerprint density at radius 1 is 0.939 bits per heavy atom. The van der Waals surface area contributed by atoms with Gasteiger partial charge in [0.1, 0.15) is 17.8 Å². The number of pyridine rings is 1. The Morgan fingerprint density at radius 2 is 1.82 bits per heavy atom. The average molecular weight is 441 g/mol. The summed E-state index contributed by atoms with van der Waals surface area (Å²) in [6.07, 6.45) is 9.72. The summed E-state index contributed by atoms with van der Waals surface area (Å²) in [6.45, 7) is 2.56. The quantitative estimate of drug-likeness (QED) is 0.450. The van der Waals surface area contributed by atoms with Crippen LogP contribution in [0.4, 0.5) is 0 Å². The predicted molar refractivity (Wildman–Crippen MR) is 124 cm³/mol. The van der Waals surface area contributed by atoms with Crippen molar-refractivity contribution < 1.29 is 9.47 Å². The molecule has 33 heavy (non-hydrogen) atoms. The largest absolute Gasteiger partial charge is 0.497 e. The van der Waals surface area contributed by atoms with Gasteiger partial charge >= 0.3 is 0 Å². The second kappa shape index (κ2) is 9.30. The van der Waals surface area contributed by atoms with Gasteiger partial charge in [0.15, 0.2) is 5.82 Å². The van der Waals surface area contributed by atoms with Crippen LogP contribution in [0.3, 0.4) is 0 Å². The van der Waals surface area contributed by atoms with Gasteiger partial charge in [0, 0.05) is 62.0 Å². The van der Waals surface area contributed by atoms with Crippen LogP contribution in [0.25, 0.3) is 22.6 Å². The van der Waals surface area contributed by atoms with E-state index in [1.807, 2.05) is 36.7 Å². The molecule has 1 aromatic carbocycles. The Balaban J connectivity index is 1.29. The Morgan fingerprint density at radius 3 is 2.58 bits per heavy atom. The maximum Gasteiger partial charge on any atom is 0.162 e. The highest BCUT2D eigenvalue weighted by Gasteiger charge is 2.19. The maximum absolute atomic E-state index is 5.50. The summed E-state index contributed by atoms with van der Waals surface area (Å²) in [5.74, 6) is 2.22. The average Bonchev–Trinajstić information content (AvgIpc) is 2.89. The van der Waals surface area contributed by atoms with Gasteiger partial charge in [-0.25, -0.2) is 19.9 Å². The number of hydrogen-bond donors (Lipinski definition) is 0. The first-order chi connectivity index (χ1) is 16.2. The number of ether oxygens (including phenoxy) is 2. The van der Waals surface area contributed by atoms with E-state index in [0.717, 1.165) is 71.2 Å². The number of hydrogen-bond acceptors (Lipinski definition) is 8. The van der Waals surface area contributed by atoms with Gasteiger partial charge < -0.3 is 9.47 Å². The topological polar surface area (TPSA) is 86.2 Å². The van der Waals surface area contributed by atoms with E-state index in [0.29, 0.717) is 5.82 Å². The molecular formula is C25H24N6O2. The minimum Gasteiger partial charge on any atom is -0.497 e. The molecule has 0 bridgehead atoms. The molecule has 0 unspecified atom stereocenters. The van der Waals surface area contributed by atoms with Gasteiger partial charge in [0.25, 0.3) is 0 Å². The fourth-order valence-electron chi connectivity index (χ4n) is 4.01. The van der Waals surface area contributed by atoms with Crippen LogP contribution < -0.4 is 9.47 Å². The zero-order chi connectivity index (χ0) is 22.6. The first-order valence-electron chi connectivity index (χ1n) is 10.7. The lowest BCUT2D eigenvalue weighted by Gasteiger charge is -2.28. The van der Waals surface area contributed by atoms with E-state index in [4.69, 9.17) is 14.5 Å². The van der Waals surface area contributed by atoms with Crippen LogP contribution in [-0.2, 0) is 19.5 Å². The molecule has 0 atom stereocenters. The number of fused-ring (bicyclic) bond motifs is 1. The van der Waals surface area contributed by atoms with E-state index in [2.05, 4.69) is 30.9 Å². The summed E-state index contributed by atoms with van der Waals surface area (Å²) < 4.78 is 10.9. The van der Waals surface area contributed by atoms with E-state index in [9.17, 15) is 0 Å². The number of aromatic nitrogens is 5. The summed E-state index contributed by atoms with van der Waals surface area (Å²) in [5, 5.41) is 0. The van der Waals surface area contributed by atoms with Crippen molar-refractivity contribution in [3.05, 3.63) is 78.3 Å². The van der Waals surface area contributed by atoms with Gasteiger partial charge in [0.2, 0.25) is 0 Å². The van der Waals surface area contributed by atoms with Crippen molar-refractivity contribution in [3.8, 4) is 34.1 Å². The second-order valence-electron chi connectivity index (χ2n) is 7.87. The van der Waals surface area contributed by atoms with Crippen LogP contribution >= 0.6 is 0 Å². The third-order valence-corrected chi connectivity index (χ3v) is 5.75. The number of benzene rings is 1. The van der Waals surface area contributed by atoms with Crippen molar-refractivity contribution in [2.24, 2.45) is 0 Å². The number of nitrogens with zero attached hydrogens (tertiary/aromatic N) is 6. The third kappa shape index (κ3) is 4.51. The first-order valence-corrected chi connectivity index (χ1v) is 10.7. The van der Waals surface area contributed by atoms with Gasteiger partial charge in [-0.15, -0.1) is 0 Å². The molecule has 0 saturated carbocycles. The lowest BCUT2D eigenvalue weighted by Crippen LogP contribution is -2.31. The van der Waals surface area contributed by atoms with E-state index in [-0.39, 0.29) is 0 Å². The Kier molecular flexibility index (Phi) is 5.91. The monoisotopic (exact) mass is 440 g/mol. The summed E-state index contributed by atoms with van der Waals surface area (Å²) in [4.78, 5) is 24.5. The molecule has 0 aliphatic carbocycles. The molecule has 5 rings (SSSR count). The molecule has 166 valence electrons. The molecular weight excluding hydrogens is 416 g/mol. The van der Waals surface area contributed by atoms with E-state index < -0.39 is 0 Å². The molecule has 0 spiro atoms. The van der Waals surface area contributed by atoms with Gasteiger partial charge in [-0.1, -0.05) is 6.07 Å². The van der Waals surface area contributed by atoms with E-state index in [1.165, 1.54) is 6.33 Å². The molecule has 0 amide bonds. The number of methoxy groups -OCH3 is 2. The fraction of sp³-hybridized carbons (Fsp3) is 0.240. The summed E-state index contributed by atoms with van der Waals surface area (Å²) in [5.41, 5.74) is 6.01. The number of rotatable bonds is 6. The van der Waals surface area contributed by atoms with Crippen molar-refractivity contribution in [3.63, 3.8) is 0 Å². The van der Waals surface area contributed by atoms with E-state index >= 15 is 0 Å². The molecule has 0 radical (unpaired) electrons. The van der Waals surface area contributed by atoms with Crippen LogP contribution in [0.15, 0.2) is 61.4 Å². The van der Waals surface area contributed by atoms with Crippen LogP contribution in [0.1, 0.15) is 16.8 Å². The van der Waals surface area contributed by atoms with Gasteiger partial charge in [0.05, 0.1) is 31.2 Å². The molecule has 1 aliphatic heterocycles. The smallest absolute Gasteiger partial charge is 0.162 e. The van der Waals surface area contributed by atoms with E-state index in [1.54, 1.807) is 26.6 Å². The standard InChI is InChI=1S/C25H24N6O2/c1-32-20-4-6-24(33-2)21(9-20)23-5-3-17(10-28-23)14-31-8-7-22-19(15-31)13-29-25(30-22)18-11-26-16-27-12-18/h3-6,9-13,16H,7-8,14-15H2,1-2H3. The highest BCUT2D eigenvalue weighted by molar-refractivity contribution is 5.69. The minimum absolute atomic E-state index is 0.676.